The van der Waals surface area contributed by atoms with E-state index in [1.54, 1.807) is 0 Å². The fraction of sp³-hybridized carbons (Fsp3) is 0.364. The summed E-state index contributed by atoms with van der Waals surface area (Å²) in [4.78, 5) is 6.10. The summed E-state index contributed by atoms with van der Waals surface area (Å²) in [5.41, 5.74) is 2.08. The van der Waals surface area contributed by atoms with Gasteiger partial charge < -0.3 is 4.90 Å². The molecule has 0 atom stereocenters. The molecule has 76 valence electrons. The van der Waals surface area contributed by atoms with Gasteiger partial charge in [-0.05, 0) is 44.9 Å². The molecule has 0 amide bonds. The molecule has 0 saturated heterocycles. The van der Waals surface area contributed by atoms with Crippen molar-refractivity contribution in [2.75, 3.05) is 20.6 Å². The van der Waals surface area contributed by atoms with Gasteiger partial charge in [0, 0.05) is 11.6 Å². The SMILES string of the molecule is C=Nc1cc(Cl)ccc1CCN(C)C. The van der Waals surface area contributed by atoms with Gasteiger partial charge in [-0.25, -0.2) is 0 Å². The Kier molecular flexibility index (Phi) is 4.11. The summed E-state index contributed by atoms with van der Waals surface area (Å²) >= 11 is 5.86. The highest BCUT2D eigenvalue weighted by Gasteiger charge is 2.02. The minimum absolute atomic E-state index is 0.709. The Balaban J connectivity index is 2.80. The predicted octanol–water partition coefficient (Wildman–Crippen LogP) is 2.78. The second-order valence-electron chi connectivity index (χ2n) is 3.48. The third kappa shape index (κ3) is 3.13. The van der Waals surface area contributed by atoms with Crippen molar-refractivity contribution < 1.29 is 0 Å². The zero-order chi connectivity index (χ0) is 10.6. The molecule has 0 aliphatic carbocycles. The first kappa shape index (κ1) is 11.2. The molecule has 0 spiro atoms. The van der Waals surface area contributed by atoms with Crippen molar-refractivity contribution in [2.24, 2.45) is 4.99 Å². The number of likely N-dealkylation sites (N-methyl/N-ethyl adjacent to an activating group) is 1. The van der Waals surface area contributed by atoms with Gasteiger partial charge in [-0.3, -0.25) is 4.99 Å². The number of benzene rings is 1. The average molecular weight is 211 g/mol. The van der Waals surface area contributed by atoms with Crippen molar-refractivity contribution in [3.63, 3.8) is 0 Å². The van der Waals surface area contributed by atoms with Crippen LogP contribution in [-0.4, -0.2) is 32.3 Å². The summed E-state index contributed by atoms with van der Waals surface area (Å²) in [5, 5.41) is 0.709. The van der Waals surface area contributed by atoms with E-state index in [2.05, 4.69) is 30.7 Å². The quantitative estimate of drug-likeness (QED) is 0.698. The van der Waals surface area contributed by atoms with Crippen LogP contribution in [0.3, 0.4) is 0 Å². The fourth-order valence-electron chi connectivity index (χ4n) is 1.24. The molecule has 0 heterocycles. The van der Waals surface area contributed by atoms with Crippen LogP contribution in [0.2, 0.25) is 5.02 Å². The molecule has 0 aliphatic heterocycles. The lowest BCUT2D eigenvalue weighted by molar-refractivity contribution is 0.414. The first-order valence-electron chi connectivity index (χ1n) is 4.53. The Labute approximate surface area is 90.2 Å². The Bertz CT molecular complexity index is 321. The van der Waals surface area contributed by atoms with Gasteiger partial charge in [0.1, 0.15) is 0 Å². The van der Waals surface area contributed by atoms with Crippen molar-refractivity contribution in [1.82, 2.24) is 4.90 Å². The minimum Gasteiger partial charge on any atom is -0.309 e. The fourth-order valence-corrected chi connectivity index (χ4v) is 1.41. The highest BCUT2D eigenvalue weighted by atomic mass is 35.5. The molecule has 0 fully saturated rings. The van der Waals surface area contributed by atoms with Gasteiger partial charge in [0.05, 0.1) is 5.69 Å². The Morgan fingerprint density at radius 2 is 2.14 bits per heavy atom. The van der Waals surface area contributed by atoms with E-state index < -0.39 is 0 Å². The molecule has 1 aromatic rings. The van der Waals surface area contributed by atoms with E-state index in [1.807, 2.05) is 18.2 Å². The topological polar surface area (TPSA) is 15.6 Å². The number of rotatable bonds is 4. The lowest BCUT2D eigenvalue weighted by atomic mass is 10.1. The van der Waals surface area contributed by atoms with Crippen LogP contribution < -0.4 is 0 Å². The zero-order valence-electron chi connectivity index (χ0n) is 8.63. The van der Waals surface area contributed by atoms with E-state index in [1.165, 1.54) is 5.56 Å². The molecule has 1 aromatic carbocycles. The van der Waals surface area contributed by atoms with Crippen LogP contribution in [0.1, 0.15) is 5.56 Å². The summed E-state index contributed by atoms with van der Waals surface area (Å²) in [7, 11) is 4.11. The van der Waals surface area contributed by atoms with Crippen molar-refractivity contribution in [2.45, 2.75) is 6.42 Å². The molecular weight excluding hydrogens is 196 g/mol. The lowest BCUT2D eigenvalue weighted by Gasteiger charge is -2.10. The Morgan fingerprint density at radius 3 is 2.71 bits per heavy atom. The largest absolute Gasteiger partial charge is 0.309 e. The molecule has 0 aromatic heterocycles. The van der Waals surface area contributed by atoms with Gasteiger partial charge in [-0.1, -0.05) is 17.7 Å². The van der Waals surface area contributed by atoms with E-state index in [9.17, 15) is 0 Å². The van der Waals surface area contributed by atoms with Crippen LogP contribution in [0.15, 0.2) is 23.2 Å². The summed E-state index contributed by atoms with van der Waals surface area (Å²) < 4.78 is 0. The second-order valence-corrected chi connectivity index (χ2v) is 3.92. The Hall–Kier alpha value is -0.860. The highest BCUT2D eigenvalue weighted by molar-refractivity contribution is 6.30. The standard InChI is InChI=1S/C11H15ClN2/c1-13-11-8-10(12)5-4-9(11)6-7-14(2)3/h4-5,8H,1,6-7H2,2-3H3. The van der Waals surface area contributed by atoms with Gasteiger partial charge in [-0.2, -0.15) is 0 Å². The second kappa shape index (κ2) is 5.13. The number of hydrogen-bond donors (Lipinski definition) is 0. The summed E-state index contributed by atoms with van der Waals surface area (Å²) in [6.45, 7) is 4.54. The van der Waals surface area contributed by atoms with Crippen LogP contribution in [0.25, 0.3) is 0 Å². The van der Waals surface area contributed by atoms with E-state index in [0.717, 1.165) is 18.7 Å². The van der Waals surface area contributed by atoms with Gasteiger partial charge in [0.15, 0.2) is 0 Å². The van der Waals surface area contributed by atoms with Gasteiger partial charge in [-0.15, -0.1) is 0 Å². The molecule has 2 nitrogen and oxygen atoms in total. The van der Waals surface area contributed by atoms with Crippen molar-refractivity contribution in [3.05, 3.63) is 28.8 Å². The molecular formula is C11H15ClN2. The maximum atomic E-state index is 5.86. The summed E-state index contributed by atoms with van der Waals surface area (Å²) in [5.74, 6) is 0. The number of hydrogen-bond acceptors (Lipinski definition) is 2. The van der Waals surface area contributed by atoms with E-state index >= 15 is 0 Å². The maximum absolute atomic E-state index is 5.86. The van der Waals surface area contributed by atoms with Gasteiger partial charge >= 0.3 is 0 Å². The first-order chi connectivity index (χ1) is 6.63. The predicted molar refractivity (Wildman–Crippen MR) is 62.9 cm³/mol. The molecule has 0 unspecified atom stereocenters. The smallest absolute Gasteiger partial charge is 0.0669 e. The van der Waals surface area contributed by atoms with Crippen LogP contribution in [0, 0.1) is 0 Å². The molecule has 14 heavy (non-hydrogen) atoms. The average Bonchev–Trinajstić information content (AvgIpc) is 2.15. The van der Waals surface area contributed by atoms with E-state index in [0.29, 0.717) is 5.02 Å². The molecule has 0 bridgehead atoms. The van der Waals surface area contributed by atoms with Crippen molar-refractivity contribution in [3.8, 4) is 0 Å². The van der Waals surface area contributed by atoms with Gasteiger partial charge in [0.2, 0.25) is 0 Å². The monoisotopic (exact) mass is 210 g/mol. The summed E-state index contributed by atoms with van der Waals surface area (Å²) in [6, 6.07) is 5.75. The van der Waals surface area contributed by atoms with Crippen LogP contribution >= 0.6 is 11.6 Å². The number of nitrogens with zero attached hydrogens (tertiary/aromatic N) is 2. The van der Waals surface area contributed by atoms with Crippen molar-refractivity contribution >= 4 is 24.0 Å². The minimum atomic E-state index is 0.709. The van der Waals surface area contributed by atoms with E-state index in [4.69, 9.17) is 11.6 Å². The molecule has 0 N–H and O–H groups in total. The first-order valence-corrected chi connectivity index (χ1v) is 4.91. The molecule has 1 rings (SSSR count). The lowest BCUT2D eigenvalue weighted by Crippen LogP contribution is -2.15. The van der Waals surface area contributed by atoms with Crippen LogP contribution in [0.4, 0.5) is 5.69 Å². The van der Waals surface area contributed by atoms with Crippen molar-refractivity contribution in [1.29, 1.82) is 0 Å². The molecule has 0 aliphatic rings. The molecule has 3 heteroatoms. The third-order valence-corrected chi connectivity index (χ3v) is 2.28. The highest BCUT2D eigenvalue weighted by Crippen LogP contribution is 2.23. The van der Waals surface area contributed by atoms with Crippen LogP contribution in [0.5, 0.6) is 0 Å². The maximum Gasteiger partial charge on any atom is 0.0669 e. The molecule has 0 saturated carbocycles. The number of halogens is 1. The van der Waals surface area contributed by atoms with Gasteiger partial charge in [0.25, 0.3) is 0 Å². The molecule has 0 radical (unpaired) electrons. The Morgan fingerprint density at radius 1 is 1.43 bits per heavy atom. The number of aliphatic imine (C=N–C) groups is 1. The summed E-state index contributed by atoms with van der Waals surface area (Å²) in [6.07, 6.45) is 0.971. The van der Waals surface area contributed by atoms with Crippen LogP contribution in [-0.2, 0) is 6.42 Å². The normalized spacial score (nSPS) is 10.6. The third-order valence-electron chi connectivity index (χ3n) is 2.05. The zero-order valence-corrected chi connectivity index (χ0v) is 9.38. The van der Waals surface area contributed by atoms with E-state index in [-0.39, 0.29) is 0 Å².